The van der Waals surface area contributed by atoms with E-state index in [9.17, 15) is 8.42 Å². The number of para-hydroxylation sites is 1. The first-order valence-electron chi connectivity index (χ1n) is 6.35. The van der Waals surface area contributed by atoms with Crippen LogP contribution in [0, 0.1) is 0 Å². The summed E-state index contributed by atoms with van der Waals surface area (Å²) in [6.07, 6.45) is 0. The van der Waals surface area contributed by atoms with Crippen LogP contribution in [0.5, 0.6) is 5.75 Å². The molecule has 6 nitrogen and oxygen atoms in total. The molecule has 3 aromatic rings. The first-order valence-corrected chi connectivity index (χ1v) is 8.71. The van der Waals surface area contributed by atoms with Gasteiger partial charge in [-0.1, -0.05) is 18.2 Å². The minimum atomic E-state index is -3.77. The lowest BCUT2D eigenvalue weighted by molar-refractivity contribution is 0.403. The zero-order chi connectivity index (χ0) is 15.6. The second-order valence-corrected chi connectivity index (χ2v) is 7.00. The number of anilines is 1. The van der Waals surface area contributed by atoms with Gasteiger partial charge in [0, 0.05) is 6.07 Å². The van der Waals surface area contributed by atoms with Crippen molar-refractivity contribution in [3.63, 3.8) is 0 Å². The number of nitrogens with one attached hydrogen (secondary N) is 2. The minimum Gasteiger partial charge on any atom is -0.495 e. The van der Waals surface area contributed by atoms with Crippen LogP contribution in [0.4, 0.5) is 5.82 Å². The number of H-pyrrole nitrogens is 1. The van der Waals surface area contributed by atoms with Gasteiger partial charge in [-0.2, -0.15) is 5.10 Å². The molecule has 2 heterocycles. The monoisotopic (exact) mass is 335 g/mol. The average molecular weight is 335 g/mol. The summed E-state index contributed by atoms with van der Waals surface area (Å²) < 4.78 is 32.4. The van der Waals surface area contributed by atoms with E-state index in [1.54, 1.807) is 35.6 Å². The molecule has 2 aromatic heterocycles. The molecule has 1 aromatic carbocycles. The summed E-state index contributed by atoms with van der Waals surface area (Å²) in [4.78, 5) is 1.05. The number of thiophene rings is 1. The molecule has 0 spiro atoms. The quantitative estimate of drug-likeness (QED) is 0.751. The van der Waals surface area contributed by atoms with Crippen molar-refractivity contribution < 1.29 is 13.2 Å². The number of methoxy groups -OCH3 is 1. The van der Waals surface area contributed by atoms with Crippen LogP contribution < -0.4 is 9.46 Å². The van der Waals surface area contributed by atoms with Gasteiger partial charge in [0.1, 0.15) is 10.6 Å². The fourth-order valence-electron chi connectivity index (χ4n) is 1.97. The van der Waals surface area contributed by atoms with Crippen molar-refractivity contribution in [1.29, 1.82) is 0 Å². The van der Waals surface area contributed by atoms with Crippen LogP contribution >= 0.6 is 11.3 Å². The first kappa shape index (κ1) is 14.6. The summed E-state index contributed by atoms with van der Waals surface area (Å²) in [7, 11) is -2.34. The Balaban J connectivity index is 1.89. The lowest BCUT2D eigenvalue weighted by Crippen LogP contribution is -2.14. The van der Waals surface area contributed by atoms with Gasteiger partial charge in [0.15, 0.2) is 5.82 Å². The number of nitrogens with zero attached hydrogens (tertiary/aromatic N) is 1. The van der Waals surface area contributed by atoms with Gasteiger partial charge >= 0.3 is 0 Å². The number of benzene rings is 1. The molecule has 2 N–H and O–H groups in total. The zero-order valence-corrected chi connectivity index (χ0v) is 13.2. The molecular formula is C14H13N3O3S2. The highest BCUT2D eigenvalue weighted by molar-refractivity contribution is 7.92. The van der Waals surface area contributed by atoms with Crippen molar-refractivity contribution in [2.75, 3.05) is 11.8 Å². The fourth-order valence-corrected chi connectivity index (χ4v) is 3.82. The Labute approximate surface area is 131 Å². The third-order valence-corrected chi connectivity index (χ3v) is 5.26. The predicted molar refractivity (Wildman–Crippen MR) is 85.7 cm³/mol. The van der Waals surface area contributed by atoms with Gasteiger partial charge in [-0.05, 0) is 23.6 Å². The molecule has 8 heteroatoms. The van der Waals surface area contributed by atoms with E-state index in [1.165, 1.54) is 13.2 Å². The van der Waals surface area contributed by atoms with E-state index < -0.39 is 10.0 Å². The molecule has 0 saturated carbocycles. The number of hydrogen-bond acceptors (Lipinski definition) is 5. The van der Waals surface area contributed by atoms with E-state index >= 15 is 0 Å². The molecule has 0 radical (unpaired) electrons. The van der Waals surface area contributed by atoms with Crippen molar-refractivity contribution in [3.05, 3.63) is 47.8 Å². The molecule has 0 fully saturated rings. The molecule has 0 saturated heterocycles. The summed E-state index contributed by atoms with van der Waals surface area (Å²) in [6, 6.07) is 11.9. The maximum atomic E-state index is 12.4. The van der Waals surface area contributed by atoms with Gasteiger partial charge < -0.3 is 4.74 Å². The van der Waals surface area contributed by atoms with Crippen LogP contribution in [-0.2, 0) is 10.0 Å². The van der Waals surface area contributed by atoms with Gasteiger partial charge in [-0.25, -0.2) is 8.42 Å². The summed E-state index contributed by atoms with van der Waals surface area (Å²) in [5, 5.41) is 8.74. The Morgan fingerprint density at radius 3 is 2.77 bits per heavy atom. The largest absolute Gasteiger partial charge is 0.495 e. The van der Waals surface area contributed by atoms with E-state index in [-0.39, 0.29) is 16.5 Å². The molecule has 0 aliphatic carbocycles. The summed E-state index contributed by atoms with van der Waals surface area (Å²) in [5.41, 5.74) is 0.757. The van der Waals surface area contributed by atoms with Crippen LogP contribution in [0.1, 0.15) is 0 Å². The molecule has 0 aliphatic rings. The third kappa shape index (κ3) is 2.83. The maximum absolute atomic E-state index is 12.4. The standard InChI is InChI=1S/C14H13N3O3S2/c1-20-11-5-2-3-7-13(11)22(18,19)17-14-9-10(15-16-14)12-6-4-8-21-12/h2-9H,1H3,(H2,15,16,17). The van der Waals surface area contributed by atoms with Crippen molar-refractivity contribution in [2.24, 2.45) is 0 Å². The molecule has 0 unspecified atom stereocenters. The van der Waals surface area contributed by atoms with Crippen molar-refractivity contribution in [3.8, 4) is 16.3 Å². The number of aromatic amines is 1. The number of hydrogen-bond donors (Lipinski definition) is 2. The third-order valence-electron chi connectivity index (χ3n) is 2.96. The highest BCUT2D eigenvalue weighted by atomic mass is 32.2. The number of rotatable bonds is 5. The molecular weight excluding hydrogens is 322 g/mol. The zero-order valence-electron chi connectivity index (χ0n) is 11.6. The molecule has 22 heavy (non-hydrogen) atoms. The minimum absolute atomic E-state index is 0.0678. The van der Waals surface area contributed by atoms with Gasteiger partial charge in [0.2, 0.25) is 0 Å². The van der Waals surface area contributed by atoms with Crippen molar-refractivity contribution in [1.82, 2.24) is 10.2 Å². The molecule has 0 bridgehead atoms. The lowest BCUT2D eigenvalue weighted by Gasteiger charge is -2.09. The van der Waals surface area contributed by atoms with Crippen LogP contribution in [0.15, 0.2) is 52.7 Å². The number of sulfonamides is 1. The average Bonchev–Trinajstić information content (AvgIpc) is 3.17. The van der Waals surface area contributed by atoms with Crippen molar-refractivity contribution in [2.45, 2.75) is 4.90 Å². The summed E-state index contributed by atoms with van der Waals surface area (Å²) in [5.74, 6) is 0.512. The van der Waals surface area contributed by atoms with Gasteiger partial charge in [-0.15, -0.1) is 11.3 Å². The van der Waals surface area contributed by atoms with Gasteiger partial charge in [-0.3, -0.25) is 9.82 Å². The molecule has 0 aliphatic heterocycles. The summed E-state index contributed by atoms with van der Waals surface area (Å²) in [6.45, 7) is 0. The topological polar surface area (TPSA) is 84.1 Å². The van der Waals surface area contributed by atoms with E-state index in [4.69, 9.17) is 4.74 Å². The number of ether oxygens (including phenoxy) is 1. The smallest absolute Gasteiger partial charge is 0.266 e. The lowest BCUT2D eigenvalue weighted by atomic mass is 10.3. The second kappa shape index (κ2) is 5.82. The Morgan fingerprint density at radius 1 is 1.23 bits per heavy atom. The number of aromatic nitrogens is 2. The molecule has 114 valence electrons. The SMILES string of the molecule is COc1ccccc1S(=O)(=O)Nc1cc(-c2cccs2)[nH]n1. The highest BCUT2D eigenvalue weighted by Gasteiger charge is 2.20. The molecule has 3 rings (SSSR count). The van der Waals surface area contributed by atoms with Crippen LogP contribution in [0.25, 0.3) is 10.6 Å². The highest BCUT2D eigenvalue weighted by Crippen LogP contribution is 2.27. The molecule has 0 amide bonds. The predicted octanol–water partition coefficient (Wildman–Crippen LogP) is 2.95. The van der Waals surface area contributed by atoms with Gasteiger partial charge in [0.25, 0.3) is 10.0 Å². The van der Waals surface area contributed by atoms with Crippen LogP contribution in [0.3, 0.4) is 0 Å². The molecule has 0 atom stereocenters. The van der Waals surface area contributed by atoms with Crippen LogP contribution in [0.2, 0.25) is 0 Å². The fraction of sp³-hybridized carbons (Fsp3) is 0.0714. The Morgan fingerprint density at radius 2 is 2.05 bits per heavy atom. The van der Waals surface area contributed by atoms with E-state index in [2.05, 4.69) is 14.9 Å². The van der Waals surface area contributed by atoms with Crippen molar-refractivity contribution >= 4 is 27.2 Å². The Bertz CT molecular complexity index is 870. The van der Waals surface area contributed by atoms with Gasteiger partial charge in [0.05, 0.1) is 17.7 Å². The maximum Gasteiger partial charge on any atom is 0.266 e. The van der Waals surface area contributed by atoms with E-state index in [1.807, 2.05) is 17.5 Å². The first-order chi connectivity index (χ1) is 10.6. The second-order valence-electron chi connectivity index (χ2n) is 4.40. The Hall–Kier alpha value is -2.32. The van der Waals surface area contributed by atoms with Crippen LogP contribution in [-0.4, -0.2) is 25.7 Å². The normalized spacial score (nSPS) is 11.3. The van der Waals surface area contributed by atoms with E-state index in [0.717, 1.165) is 10.6 Å². The summed E-state index contributed by atoms with van der Waals surface area (Å²) >= 11 is 1.54. The Kier molecular flexibility index (Phi) is 3.86. The van der Waals surface area contributed by atoms with E-state index in [0.29, 0.717) is 0 Å².